The predicted molar refractivity (Wildman–Crippen MR) is 141 cm³/mol. The van der Waals surface area contributed by atoms with Crippen molar-refractivity contribution in [3.05, 3.63) is 89.1 Å². The van der Waals surface area contributed by atoms with E-state index < -0.39 is 11.8 Å². The molecule has 5 rings (SSSR count). The zero-order chi connectivity index (χ0) is 25.9. The van der Waals surface area contributed by atoms with Gasteiger partial charge in [-0.1, -0.05) is 56.2 Å². The van der Waals surface area contributed by atoms with E-state index in [4.69, 9.17) is 9.52 Å². The molecule has 4 aromatic rings. The summed E-state index contributed by atoms with van der Waals surface area (Å²) in [7, 11) is 0. The zero-order valence-corrected chi connectivity index (χ0v) is 20.8. The molecule has 184 valence electrons. The van der Waals surface area contributed by atoms with Gasteiger partial charge in [0.2, 0.25) is 0 Å². The molecule has 7 heteroatoms. The number of nitriles is 1. The summed E-state index contributed by atoms with van der Waals surface area (Å²) < 4.78 is 7.85. The van der Waals surface area contributed by atoms with E-state index in [0.717, 1.165) is 29.5 Å². The van der Waals surface area contributed by atoms with E-state index in [2.05, 4.69) is 6.92 Å². The highest BCUT2D eigenvalue weighted by molar-refractivity contribution is 6.19. The third kappa shape index (κ3) is 4.50. The second kappa shape index (κ2) is 10.1. The largest absolute Gasteiger partial charge is 0.454 e. The van der Waals surface area contributed by atoms with Gasteiger partial charge in [0.25, 0.3) is 11.8 Å². The number of imide groups is 1. The lowest BCUT2D eigenvalue weighted by Gasteiger charge is -2.27. The summed E-state index contributed by atoms with van der Waals surface area (Å²) in [5.41, 5.74) is 3.44. The van der Waals surface area contributed by atoms with Gasteiger partial charge in [-0.25, -0.2) is 4.68 Å². The van der Waals surface area contributed by atoms with Crippen LogP contribution in [0.5, 0.6) is 0 Å². The van der Waals surface area contributed by atoms with Crippen molar-refractivity contribution in [2.24, 2.45) is 0 Å². The number of unbranched alkanes of at least 4 members (excludes halogenated alkanes) is 2. The van der Waals surface area contributed by atoms with Crippen molar-refractivity contribution < 1.29 is 14.0 Å². The Morgan fingerprint density at radius 1 is 1.03 bits per heavy atom. The van der Waals surface area contributed by atoms with Gasteiger partial charge in [-0.05, 0) is 49.3 Å². The molecule has 0 atom stereocenters. The molecule has 2 amide bonds. The summed E-state index contributed by atoms with van der Waals surface area (Å²) in [4.78, 5) is 27.6. The van der Waals surface area contributed by atoms with Crippen molar-refractivity contribution in [1.29, 1.82) is 5.26 Å². The molecule has 7 nitrogen and oxygen atoms in total. The summed E-state index contributed by atoms with van der Waals surface area (Å²) in [5.74, 6) is -0.375. The van der Waals surface area contributed by atoms with Crippen molar-refractivity contribution in [3.63, 3.8) is 0 Å². The Bertz CT molecular complexity index is 1570. The molecule has 2 aromatic carbocycles. The number of aromatic nitrogens is 2. The number of rotatable bonds is 7. The molecule has 0 saturated carbocycles. The van der Waals surface area contributed by atoms with Gasteiger partial charge in [0.1, 0.15) is 22.9 Å². The monoisotopic (exact) mass is 490 g/mol. The topological polar surface area (TPSA) is 92.1 Å². The Morgan fingerprint density at radius 3 is 2.51 bits per heavy atom. The van der Waals surface area contributed by atoms with Crippen molar-refractivity contribution >= 4 is 28.9 Å². The van der Waals surface area contributed by atoms with Gasteiger partial charge in [0.05, 0.1) is 5.69 Å². The fraction of sp³-hybridized carbons (Fsp3) is 0.200. The van der Waals surface area contributed by atoms with E-state index in [0.29, 0.717) is 34.6 Å². The maximum absolute atomic E-state index is 13.5. The molecule has 0 aliphatic carbocycles. The lowest BCUT2D eigenvalue weighted by atomic mass is 9.93. The summed E-state index contributed by atoms with van der Waals surface area (Å²) in [6, 6.07) is 21.3. The molecule has 1 aliphatic rings. The van der Waals surface area contributed by atoms with E-state index in [1.807, 2.05) is 72.9 Å². The number of carbonyl (C=O) groups is 2. The van der Waals surface area contributed by atoms with Crippen LogP contribution < -0.4 is 0 Å². The van der Waals surface area contributed by atoms with Crippen LogP contribution in [0.1, 0.15) is 38.7 Å². The molecule has 0 saturated heterocycles. The highest BCUT2D eigenvalue weighted by atomic mass is 16.3. The van der Waals surface area contributed by atoms with Gasteiger partial charge in [0.15, 0.2) is 5.76 Å². The maximum Gasteiger partial charge on any atom is 0.271 e. The zero-order valence-electron chi connectivity index (χ0n) is 20.8. The molecule has 0 bridgehead atoms. The Labute approximate surface area is 214 Å². The first-order valence-electron chi connectivity index (χ1n) is 12.3. The number of amides is 2. The molecule has 1 aliphatic heterocycles. The van der Waals surface area contributed by atoms with Crippen LogP contribution in [0, 0.1) is 11.3 Å². The number of furan rings is 1. The molecule has 2 aromatic heterocycles. The molecule has 0 radical (unpaired) electrons. The summed E-state index contributed by atoms with van der Waals surface area (Å²) in [6.07, 6.45) is 6.08. The van der Waals surface area contributed by atoms with Crippen molar-refractivity contribution in [2.45, 2.75) is 33.1 Å². The Morgan fingerprint density at radius 2 is 1.78 bits per heavy atom. The van der Waals surface area contributed by atoms with E-state index in [-0.39, 0.29) is 12.1 Å². The normalized spacial score (nSPS) is 15.2. The number of hydrogen-bond acceptors (Lipinski definition) is 5. The minimum absolute atomic E-state index is 0.0110. The van der Waals surface area contributed by atoms with Crippen molar-refractivity contribution in [2.75, 3.05) is 6.54 Å². The highest BCUT2D eigenvalue weighted by Gasteiger charge is 2.35. The minimum atomic E-state index is -0.532. The van der Waals surface area contributed by atoms with Gasteiger partial charge >= 0.3 is 0 Å². The number of carbonyl (C=O) groups excluding carboxylic acids is 2. The van der Waals surface area contributed by atoms with Gasteiger partial charge in [-0.15, -0.1) is 0 Å². The van der Waals surface area contributed by atoms with Crippen LogP contribution in [-0.4, -0.2) is 33.0 Å². The average Bonchev–Trinajstić information content (AvgIpc) is 3.53. The lowest BCUT2D eigenvalue weighted by molar-refractivity contribution is -0.140. The second-order valence-electron chi connectivity index (χ2n) is 9.00. The number of benzene rings is 2. The van der Waals surface area contributed by atoms with E-state index >= 15 is 0 Å². The molecule has 0 spiro atoms. The number of hydrogen-bond donors (Lipinski definition) is 0. The first-order chi connectivity index (χ1) is 18.0. The summed E-state index contributed by atoms with van der Waals surface area (Å²) in [5, 5.41) is 15.5. The Balaban J connectivity index is 1.66. The average molecular weight is 491 g/mol. The first-order valence-corrected chi connectivity index (χ1v) is 12.3. The second-order valence-corrected chi connectivity index (χ2v) is 9.00. The van der Waals surface area contributed by atoms with E-state index in [9.17, 15) is 14.9 Å². The maximum atomic E-state index is 13.5. The molecule has 0 N–H and O–H groups in total. The third-order valence-electron chi connectivity index (χ3n) is 6.53. The van der Waals surface area contributed by atoms with Gasteiger partial charge in [-0.3, -0.25) is 14.5 Å². The molecule has 3 heterocycles. The van der Waals surface area contributed by atoms with Crippen LogP contribution in [0.2, 0.25) is 0 Å². The van der Waals surface area contributed by atoms with Crippen molar-refractivity contribution in [1.82, 2.24) is 14.7 Å². The van der Waals surface area contributed by atoms with Gasteiger partial charge in [-0.2, -0.15) is 10.4 Å². The van der Waals surface area contributed by atoms with Crippen molar-refractivity contribution in [3.8, 4) is 23.2 Å². The SMILES string of the molecule is CCCCCN1C(=O)C(C#N)=C(C)/C(=C\c2cn(-c3ccccc3)nc2-c2cc3ccccc3o2)C1=O. The number of nitrogens with zero attached hydrogens (tertiary/aromatic N) is 4. The van der Waals surface area contributed by atoms with Crippen LogP contribution in [0.15, 0.2) is 88.0 Å². The quantitative estimate of drug-likeness (QED) is 0.178. The first kappa shape index (κ1) is 24.0. The van der Waals surface area contributed by atoms with Gasteiger partial charge < -0.3 is 4.42 Å². The fourth-order valence-corrected chi connectivity index (χ4v) is 4.50. The minimum Gasteiger partial charge on any atom is -0.454 e. The molecule has 37 heavy (non-hydrogen) atoms. The van der Waals surface area contributed by atoms with Crippen LogP contribution in [0.25, 0.3) is 34.2 Å². The smallest absolute Gasteiger partial charge is 0.271 e. The highest BCUT2D eigenvalue weighted by Crippen LogP contribution is 2.33. The molecule has 0 unspecified atom stereocenters. The van der Waals surface area contributed by atoms with Crippen LogP contribution in [0.3, 0.4) is 0 Å². The van der Waals surface area contributed by atoms with E-state index in [1.54, 1.807) is 17.7 Å². The summed E-state index contributed by atoms with van der Waals surface area (Å²) >= 11 is 0. The number of para-hydroxylation sites is 2. The Kier molecular flexibility index (Phi) is 6.57. The summed E-state index contributed by atoms with van der Waals surface area (Å²) in [6.45, 7) is 3.98. The van der Waals surface area contributed by atoms with Crippen LogP contribution >= 0.6 is 0 Å². The lowest BCUT2D eigenvalue weighted by Crippen LogP contribution is -2.43. The van der Waals surface area contributed by atoms with Gasteiger partial charge in [0, 0.05) is 29.3 Å². The van der Waals surface area contributed by atoms with E-state index in [1.165, 1.54) is 4.90 Å². The molecular weight excluding hydrogens is 464 g/mol. The van der Waals surface area contributed by atoms with Crippen LogP contribution in [-0.2, 0) is 9.59 Å². The number of fused-ring (bicyclic) bond motifs is 1. The third-order valence-corrected chi connectivity index (χ3v) is 6.53. The molecule has 0 fully saturated rings. The predicted octanol–water partition coefficient (Wildman–Crippen LogP) is 6.07. The standard InChI is InChI=1S/C30H26N4O3/c1-3-4-10-15-33-29(35)24(20(2)25(18-31)30(33)36)16-22-19-34(23-12-6-5-7-13-23)32-28(22)27-17-21-11-8-9-14-26(21)37-27/h5-9,11-14,16-17,19H,3-4,10,15H2,1-2H3/b24-16+. The molecular formula is C30H26N4O3. The Hall–Kier alpha value is -4.70. The fourth-order valence-electron chi connectivity index (χ4n) is 4.50. The van der Waals surface area contributed by atoms with Crippen LogP contribution in [0.4, 0.5) is 0 Å².